The largest absolute Gasteiger partial charge is 0.383 e. The fourth-order valence-electron chi connectivity index (χ4n) is 1.64. The van der Waals surface area contributed by atoms with Crippen LogP contribution in [0.4, 0.5) is 0 Å². The van der Waals surface area contributed by atoms with Crippen LogP contribution in [0.2, 0.25) is 0 Å². The maximum absolute atomic E-state index is 5.03. The predicted molar refractivity (Wildman–Crippen MR) is 69.0 cm³/mol. The number of aromatic nitrogens is 2. The Labute approximate surface area is 104 Å². The first kappa shape index (κ1) is 14.2. The summed E-state index contributed by atoms with van der Waals surface area (Å²) in [5.41, 5.74) is 1.24. The number of ether oxygens (including phenoxy) is 1. The van der Waals surface area contributed by atoms with Gasteiger partial charge in [0.15, 0.2) is 0 Å². The lowest BCUT2D eigenvalue weighted by atomic mass is 10.4. The summed E-state index contributed by atoms with van der Waals surface area (Å²) in [5, 5.41) is 7.67. The van der Waals surface area contributed by atoms with Gasteiger partial charge in [-0.3, -0.25) is 4.68 Å². The Morgan fingerprint density at radius 3 is 3.00 bits per heavy atom. The fourth-order valence-corrected chi connectivity index (χ4v) is 1.64. The van der Waals surface area contributed by atoms with E-state index in [0.29, 0.717) is 0 Å². The van der Waals surface area contributed by atoms with Gasteiger partial charge in [0.1, 0.15) is 0 Å². The van der Waals surface area contributed by atoms with E-state index in [0.717, 1.165) is 39.3 Å². The molecule has 1 heterocycles. The van der Waals surface area contributed by atoms with Crippen molar-refractivity contribution in [2.45, 2.75) is 20.0 Å². The van der Waals surface area contributed by atoms with Crippen molar-refractivity contribution < 1.29 is 4.74 Å². The van der Waals surface area contributed by atoms with Gasteiger partial charge in [-0.15, -0.1) is 0 Å². The SMILES string of the molecule is CCn1nccc1CNCCN(C)CCOC. The zero-order valence-electron chi connectivity index (χ0n) is 11.1. The second kappa shape index (κ2) is 8.22. The molecule has 0 radical (unpaired) electrons. The number of likely N-dealkylation sites (N-methyl/N-ethyl adjacent to an activating group) is 1. The Hall–Kier alpha value is -0.910. The quantitative estimate of drug-likeness (QED) is 0.641. The zero-order chi connectivity index (χ0) is 12.5. The number of nitrogens with zero attached hydrogens (tertiary/aromatic N) is 3. The second-order valence-corrected chi connectivity index (χ2v) is 4.11. The van der Waals surface area contributed by atoms with Gasteiger partial charge in [0.2, 0.25) is 0 Å². The van der Waals surface area contributed by atoms with Gasteiger partial charge in [-0.05, 0) is 20.0 Å². The summed E-state index contributed by atoms with van der Waals surface area (Å²) in [5.74, 6) is 0. The number of hydrogen-bond donors (Lipinski definition) is 1. The molecular formula is C12H24N4O. The molecule has 0 saturated heterocycles. The molecule has 1 rings (SSSR count). The highest BCUT2D eigenvalue weighted by molar-refractivity contribution is 4.99. The molecular weight excluding hydrogens is 216 g/mol. The van der Waals surface area contributed by atoms with E-state index in [1.54, 1.807) is 7.11 Å². The molecule has 17 heavy (non-hydrogen) atoms. The van der Waals surface area contributed by atoms with E-state index >= 15 is 0 Å². The Kier molecular flexibility index (Phi) is 6.84. The molecule has 0 aromatic carbocycles. The molecule has 0 bridgehead atoms. The van der Waals surface area contributed by atoms with Crippen LogP contribution >= 0.6 is 0 Å². The van der Waals surface area contributed by atoms with E-state index in [1.165, 1.54) is 5.69 Å². The van der Waals surface area contributed by atoms with Crippen LogP contribution in [-0.2, 0) is 17.8 Å². The average molecular weight is 240 g/mol. The van der Waals surface area contributed by atoms with Gasteiger partial charge in [-0.2, -0.15) is 5.10 Å². The molecule has 5 heteroatoms. The Morgan fingerprint density at radius 2 is 2.29 bits per heavy atom. The van der Waals surface area contributed by atoms with Crippen LogP contribution in [0.15, 0.2) is 12.3 Å². The van der Waals surface area contributed by atoms with Crippen LogP contribution in [0, 0.1) is 0 Å². The minimum Gasteiger partial charge on any atom is -0.383 e. The summed E-state index contributed by atoms with van der Waals surface area (Å²) in [6.07, 6.45) is 1.85. The van der Waals surface area contributed by atoms with Crippen molar-refractivity contribution in [2.75, 3.05) is 40.4 Å². The first-order valence-electron chi connectivity index (χ1n) is 6.16. The second-order valence-electron chi connectivity index (χ2n) is 4.11. The van der Waals surface area contributed by atoms with E-state index < -0.39 is 0 Å². The summed E-state index contributed by atoms with van der Waals surface area (Å²) in [6.45, 7) is 7.70. The highest BCUT2D eigenvalue weighted by Gasteiger charge is 2.00. The third-order valence-electron chi connectivity index (χ3n) is 2.76. The maximum atomic E-state index is 5.03. The molecule has 1 aromatic heterocycles. The maximum Gasteiger partial charge on any atom is 0.0589 e. The van der Waals surface area contributed by atoms with Crippen LogP contribution in [0.1, 0.15) is 12.6 Å². The van der Waals surface area contributed by atoms with Crippen molar-refractivity contribution in [3.63, 3.8) is 0 Å². The van der Waals surface area contributed by atoms with Gasteiger partial charge in [-0.25, -0.2) is 0 Å². The van der Waals surface area contributed by atoms with Gasteiger partial charge in [0.25, 0.3) is 0 Å². The van der Waals surface area contributed by atoms with Crippen molar-refractivity contribution in [1.29, 1.82) is 0 Å². The molecule has 98 valence electrons. The first-order chi connectivity index (χ1) is 8.27. The highest BCUT2D eigenvalue weighted by Crippen LogP contribution is 1.97. The van der Waals surface area contributed by atoms with Crippen molar-refractivity contribution in [1.82, 2.24) is 20.0 Å². The minimum atomic E-state index is 0.791. The van der Waals surface area contributed by atoms with E-state index in [9.17, 15) is 0 Å². The van der Waals surface area contributed by atoms with Gasteiger partial charge >= 0.3 is 0 Å². The Balaban J connectivity index is 2.11. The Morgan fingerprint density at radius 1 is 1.47 bits per heavy atom. The fraction of sp³-hybridized carbons (Fsp3) is 0.750. The predicted octanol–water partition coefficient (Wildman–Crippen LogP) is 0.571. The van der Waals surface area contributed by atoms with Gasteiger partial charge < -0.3 is 15.0 Å². The van der Waals surface area contributed by atoms with Crippen molar-refractivity contribution in [3.05, 3.63) is 18.0 Å². The number of aryl methyl sites for hydroxylation is 1. The minimum absolute atomic E-state index is 0.791. The molecule has 0 unspecified atom stereocenters. The molecule has 1 N–H and O–H groups in total. The van der Waals surface area contributed by atoms with Crippen LogP contribution < -0.4 is 5.32 Å². The third kappa shape index (κ3) is 5.30. The molecule has 5 nitrogen and oxygen atoms in total. The van der Waals surface area contributed by atoms with Crippen LogP contribution in [-0.4, -0.2) is 55.1 Å². The lowest BCUT2D eigenvalue weighted by Crippen LogP contribution is -2.31. The van der Waals surface area contributed by atoms with Crippen LogP contribution in [0.5, 0.6) is 0 Å². The molecule has 1 aromatic rings. The molecule has 0 atom stereocenters. The van der Waals surface area contributed by atoms with E-state index in [1.807, 2.05) is 10.9 Å². The standard InChI is InChI=1S/C12H24N4O/c1-4-16-12(5-6-14-16)11-13-7-8-15(2)9-10-17-3/h5-6,13H,4,7-11H2,1-3H3. The lowest BCUT2D eigenvalue weighted by molar-refractivity contribution is 0.161. The summed E-state index contributed by atoms with van der Waals surface area (Å²) in [7, 11) is 3.84. The zero-order valence-corrected chi connectivity index (χ0v) is 11.1. The molecule has 0 saturated carbocycles. The average Bonchev–Trinajstić information content (AvgIpc) is 2.79. The summed E-state index contributed by atoms with van der Waals surface area (Å²) in [6, 6.07) is 2.06. The number of rotatable bonds is 9. The number of nitrogens with one attached hydrogen (secondary N) is 1. The Bertz CT molecular complexity index is 300. The molecule has 0 aliphatic rings. The monoisotopic (exact) mass is 240 g/mol. The van der Waals surface area contributed by atoms with Crippen molar-refractivity contribution in [2.24, 2.45) is 0 Å². The topological polar surface area (TPSA) is 42.3 Å². The summed E-state index contributed by atoms with van der Waals surface area (Å²) < 4.78 is 7.05. The van der Waals surface area contributed by atoms with E-state index in [4.69, 9.17) is 4.74 Å². The smallest absolute Gasteiger partial charge is 0.0589 e. The molecule has 0 aliphatic heterocycles. The molecule has 0 aliphatic carbocycles. The third-order valence-corrected chi connectivity index (χ3v) is 2.76. The van der Waals surface area contributed by atoms with Gasteiger partial charge in [0, 0.05) is 46.0 Å². The number of methoxy groups -OCH3 is 1. The van der Waals surface area contributed by atoms with E-state index in [2.05, 4.69) is 35.4 Å². The molecule has 0 amide bonds. The van der Waals surface area contributed by atoms with Crippen LogP contribution in [0.25, 0.3) is 0 Å². The van der Waals surface area contributed by atoms with E-state index in [-0.39, 0.29) is 0 Å². The van der Waals surface area contributed by atoms with Gasteiger partial charge in [0.05, 0.1) is 12.3 Å². The normalized spacial score (nSPS) is 11.3. The summed E-state index contributed by atoms with van der Waals surface area (Å²) in [4.78, 5) is 2.26. The molecule has 0 spiro atoms. The van der Waals surface area contributed by atoms with Crippen LogP contribution in [0.3, 0.4) is 0 Å². The number of hydrogen-bond acceptors (Lipinski definition) is 4. The lowest BCUT2D eigenvalue weighted by Gasteiger charge is -2.16. The highest BCUT2D eigenvalue weighted by atomic mass is 16.5. The van der Waals surface area contributed by atoms with Crippen molar-refractivity contribution >= 4 is 0 Å². The summed E-state index contributed by atoms with van der Waals surface area (Å²) >= 11 is 0. The van der Waals surface area contributed by atoms with Crippen molar-refractivity contribution in [3.8, 4) is 0 Å². The first-order valence-corrected chi connectivity index (χ1v) is 6.16. The molecule has 0 fully saturated rings. The van der Waals surface area contributed by atoms with Gasteiger partial charge in [-0.1, -0.05) is 0 Å².